The minimum Gasteiger partial charge on any atom is -0.495 e. The van der Waals surface area contributed by atoms with Gasteiger partial charge in [0.05, 0.1) is 23.4 Å². The Morgan fingerprint density at radius 1 is 1.19 bits per heavy atom. The number of carbonyl (C=O) groups excluding carboxylic acids is 1. The van der Waals surface area contributed by atoms with Gasteiger partial charge in [0, 0.05) is 18.3 Å². The molecule has 132 valence electrons. The van der Waals surface area contributed by atoms with E-state index in [9.17, 15) is 14.9 Å². The third-order valence-electron chi connectivity index (χ3n) is 3.75. The van der Waals surface area contributed by atoms with Crippen LogP contribution in [0.25, 0.3) is 5.69 Å². The predicted octanol–water partition coefficient (Wildman–Crippen LogP) is 3.35. The van der Waals surface area contributed by atoms with Crippen LogP contribution in [0.5, 0.6) is 5.75 Å². The van der Waals surface area contributed by atoms with E-state index in [0.717, 1.165) is 5.56 Å². The molecule has 0 atom stereocenters. The molecule has 0 aliphatic rings. The Hall–Kier alpha value is -3.68. The lowest BCUT2D eigenvalue weighted by Crippen LogP contribution is -2.14. The van der Waals surface area contributed by atoms with Gasteiger partial charge in [-0.25, -0.2) is 4.68 Å². The van der Waals surface area contributed by atoms with E-state index in [1.54, 1.807) is 30.5 Å². The van der Waals surface area contributed by atoms with Crippen molar-refractivity contribution >= 4 is 17.3 Å². The minimum atomic E-state index is -0.471. The lowest BCUT2D eigenvalue weighted by Gasteiger charge is -2.10. The highest BCUT2D eigenvalue weighted by molar-refractivity contribution is 6.03. The van der Waals surface area contributed by atoms with Crippen LogP contribution in [-0.4, -0.2) is 27.7 Å². The quantitative estimate of drug-likeness (QED) is 0.561. The average Bonchev–Trinajstić information content (AvgIpc) is 3.12. The van der Waals surface area contributed by atoms with Crippen LogP contribution in [0.4, 0.5) is 11.4 Å². The predicted molar refractivity (Wildman–Crippen MR) is 95.9 cm³/mol. The van der Waals surface area contributed by atoms with Gasteiger partial charge < -0.3 is 10.1 Å². The SMILES string of the molecule is COc1ccc(C)cc1NC(=O)c1ccn(-c2ccc([N+](=O)[O-])cc2)n1. The molecule has 1 aromatic heterocycles. The van der Waals surface area contributed by atoms with Gasteiger partial charge >= 0.3 is 0 Å². The summed E-state index contributed by atoms with van der Waals surface area (Å²) in [4.78, 5) is 22.7. The molecule has 0 fully saturated rings. The topological polar surface area (TPSA) is 99.3 Å². The van der Waals surface area contributed by atoms with Crippen LogP contribution >= 0.6 is 0 Å². The minimum absolute atomic E-state index is 0.00887. The van der Waals surface area contributed by atoms with Crippen LogP contribution in [0.2, 0.25) is 0 Å². The first-order valence-corrected chi connectivity index (χ1v) is 7.74. The number of nitro groups is 1. The first kappa shape index (κ1) is 17.2. The largest absolute Gasteiger partial charge is 0.495 e. The summed E-state index contributed by atoms with van der Waals surface area (Å²) in [5, 5.41) is 17.7. The normalized spacial score (nSPS) is 10.4. The molecule has 0 unspecified atom stereocenters. The van der Waals surface area contributed by atoms with Gasteiger partial charge in [-0.3, -0.25) is 14.9 Å². The highest BCUT2D eigenvalue weighted by atomic mass is 16.6. The van der Waals surface area contributed by atoms with E-state index in [4.69, 9.17) is 4.74 Å². The van der Waals surface area contributed by atoms with Crippen molar-refractivity contribution in [1.82, 2.24) is 9.78 Å². The van der Waals surface area contributed by atoms with Crippen LogP contribution in [0.15, 0.2) is 54.7 Å². The maximum absolute atomic E-state index is 12.4. The second-order valence-electron chi connectivity index (χ2n) is 5.58. The van der Waals surface area contributed by atoms with E-state index in [1.165, 1.54) is 23.9 Å². The Bertz CT molecular complexity index is 964. The monoisotopic (exact) mass is 352 g/mol. The number of methoxy groups -OCH3 is 1. The first-order chi connectivity index (χ1) is 12.5. The molecule has 0 bridgehead atoms. The highest BCUT2D eigenvalue weighted by Gasteiger charge is 2.14. The van der Waals surface area contributed by atoms with Crippen LogP contribution in [0, 0.1) is 17.0 Å². The third-order valence-corrected chi connectivity index (χ3v) is 3.75. The molecule has 3 aromatic rings. The molecule has 3 rings (SSSR count). The van der Waals surface area contributed by atoms with E-state index in [-0.39, 0.29) is 17.3 Å². The number of nitrogens with one attached hydrogen (secondary N) is 1. The second-order valence-corrected chi connectivity index (χ2v) is 5.58. The Morgan fingerprint density at radius 3 is 2.58 bits per heavy atom. The number of amides is 1. The van der Waals surface area contributed by atoms with Crippen molar-refractivity contribution in [1.29, 1.82) is 0 Å². The second kappa shape index (κ2) is 7.06. The van der Waals surface area contributed by atoms with Crippen molar-refractivity contribution in [3.63, 3.8) is 0 Å². The fraction of sp³-hybridized carbons (Fsp3) is 0.111. The molecule has 1 amide bonds. The van der Waals surface area contributed by atoms with Crippen molar-refractivity contribution < 1.29 is 14.5 Å². The fourth-order valence-corrected chi connectivity index (χ4v) is 2.42. The first-order valence-electron chi connectivity index (χ1n) is 7.74. The van der Waals surface area contributed by atoms with Gasteiger partial charge in [0.15, 0.2) is 5.69 Å². The van der Waals surface area contributed by atoms with Crippen molar-refractivity contribution in [2.45, 2.75) is 6.92 Å². The van der Waals surface area contributed by atoms with Crippen LogP contribution < -0.4 is 10.1 Å². The van der Waals surface area contributed by atoms with Gasteiger partial charge in [0.1, 0.15) is 5.75 Å². The molecule has 8 nitrogen and oxygen atoms in total. The van der Waals surface area contributed by atoms with Crippen LogP contribution in [0.3, 0.4) is 0 Å². The number of hydrogen-bond acceptors (Lipinski definition) is 5. The zero-order chi connectivity index (χ0) is 18.7. The Kier molecular flexibility index (Phi) is 4.66. The lowest BCUT2D eigenvalue weighted by molar-refractivity contribution is -0.384. The van der Waals surface area contributed by atoms with Gasteiger partial charge in [-0.1, -0.05) is 6.07 Å². The molecule has 26 heavy (non-hydrogen) atoms. The number of hydrogen-bond donors (Lipinski definition) is 1. The maximum atomic E-state index is 12.4. The fourth-order valence-electron chi connectivity index (χ4n) is 2.42. The zero-order valence-corrected chi connectivity index (χ0v) is 14.2. The van der Waals surface area contributed by atoms with Gasteiger partial charge in [-0.15, -0.1) is 0 Å². The summed E-state index contributed by atoms with van der Waals surface area (Å²) in [5.74, 6) is 0.174. The van der Waals surface area contributed by atoms with E-state index in [1.807, 2.05) is 19.1 Å². The summed E-state index contributed by atoms with van der Waals surface area (Å²) < 4.78 is 6.73. The number of ether oxygens (including phenoxy) is 1. The Morgan fingerprint density at radius 2 is 1.92 bits per heavy atom. The molecule has 1 heterocycles. The highest BCUT2D eigenvalue weighted by Crippen LogP contribution is 2.25. The van der Waals surface area contributed by atoms with Gasteiger partial charge in [-0.05, 0) is 42.8 Å². The van der Waals surface area contributed by atoms with Crippen LogP contribution in [-0.2, 0) is 0 Å². The molecule has 0 aliphatic heterocycles. The average molecular weight is 352 g/mol. The smallest absolute Gasteiger partial charge is 0.276 e. The summed E-state index contributed by atoms with van der Waals surface area (Å²) in [6, 6.07) is 12.9. The summed E-state index contributed by atoms with van der Waals surface area (Å²) in [6.45, 7) is 1.92. The Balaban J connectivity index is 1.80. The van der Waals surface area contributed by atoms with Crippen molar-refractivity contribution in [3.8, 4) is 11.4 Å². The molecule has 0 saturated carbocycles. The van der Waals surface area contributed by atoms with E-state index in [0.29, 0.717) is 17.1 Å². The van der Waals surface area contributed by atoms with E-state index in [2.05, 4.69) is 10.4 Å². The van der Waals surface area contributed by atoms with E-state index >= 15 is 0 Å². The number of aromatic nitrogens is 2. The number of nitrogens with zero attached hydrogens (tertiary/aromatic N) is 3. The standard InChI is InChI=1S/C18H16N4O4/c1-12-3-8-17(26-2)16(11-12)19-18(23)15-9-10-21(20-15)13-4-6-14(7-5-13)22(24)25/h3-11H,1-2H3,(H,19,23). The number of anilines is 1. The molecule has 1 N–H and O–H groups in total. The van der Waals surface area contributed by atoms with Crippen molar-refractivity contribution in [2.24, 2.45) is 0 Å². The summed E-state index contributed by atoms with van der Waals surface area (Å²) in [6.07, 6.45) is 1.61. The van der Waals surface area contributed by atoms with Crippen molar-refractivity contribution in [3.05, 3.63) is 76.1 Å². The maximum Gasteiger partial charge on any atom is 0.276 e. The molecule has 8 heteroatoms. The molecule has 2 aromatic carbocycles. The molecule has 0 aliphatic carbocycles. The number of aryl methyl sites for hydroxylation is 1. The van der Waals surface area contributed by atoms with Gasteiger partial charge in [0.2, 0.25) is 0 Å². The summed E-state index contributed by atoms with van der Waals surface area (Å²) in [7, 11) is 1.53. The van der Waals surface area contributed by atoms with Crippen molar-refractivity contribution in [2.75, 3.05) is 12.4 Å². The number of benzene rings is 2. The lowest BCUT2D eigenvalue weighted by atomic mass is 10.2. The number of non-ortho nitro benzene ring substituents is 1. The molecule has 0 spiro atoms. The third kappa shape index (κ3) is 3.54. The molecular weight excluding hydrogens is 336 g/mol. The number of carbonyl (C=O) groups is 1. The zero-order valence-electron chi connectivity index (χ0n) is 14.2. The van der Waals surface area contributed by atoms with Gasteiger partial charge in [-0.2, -0.15) is 5.10 Å². The molecular formula is C18H16N4O4. The molecule has 0 saturated heterocycles. The summed E-state index contributed by atoms with van der Waals surface area (Å²) >= 11 is 0. The molecule has 0 radical (unpaired) electrons. The van der Waals surface area contributed by atoms with Gasteiger partial charge in [0.25, 0.3) is 11.6 Å². The van der Waals surface area contributed by atoms with E-state index < -0.39 is 4.92 Å². The Labute approximate surface area is 149 Å². The van der Waals surface area contributed by atoms with Crippen LogP contribution in [0.1, 0.15) is 16.1 Å². The number of rotatable bonds is 5. The summed E-state index contributed by atoms with van der Waals surface area (Å²) in [5.41, 5.74) is 2.36. The number of nitro benzene ring substituents is 1.